The summed E-state index contributed by atoms with van der Waals surface area (Å²) in [6.07, 6.45) is 3.61. The van der Waals surface area contributed by atoms with E-state index in [1.54, 1.807) is 0 Å². The second kappa shape index (κ2) is 12.5. The molecule has 0 aliphatic carbocycles. The molecule has 0 aromatic heterocycles. The maximum Gasteiger partial charge on any atom is 0.258 e. The average Bonchev–Trinajstić information content (AvgIpc) is 2.90. The van der Waals surface area contributed by atoms with E-state index in [1.807, 2.05) is 70.9 Å². The van der Waals surface area contributed by atoms with Crippen molar-refractivity contribution in [3.63, 3.8) is 0 Å². The maximum atomic E-state index is 13.1. The van der Waals surface area contributed by atoms with Gasteiger partial charge in [0.2, 0.25) is 5.91 Å². The molecule has 2 heterocycles. The second-order valence-electron chi connectivity index (χ2n) is 8.82. The van der Waals surface area contributed by atoms with Crippen molar-refractivity contribution in [1.29, 1.82) is 0 Å². The third kappa shape index (κ3) is 6.72. The van der Waals surface area contributed by atoms with Crippen LogP contribution < -0.4 is 10.1 Å². The molecule has 2 aliphatic rings. The molecular weight excluding hydrogens is 464 g/mol. The normalized spacial score (nSPS) is 18.3. The lowest BCUT2D eigenvalue weighted by molar-refractivity contribution is -0.134. The fourth-order valence-corrected chi connectivity index (χ4v) is 7.42. The Balaban J connectivity index is 1.19. The van der Waals surface area contributed by atoms with Crippen molar-refractivity contribution in [3.05, 3.63) is 65.7 Å². The molecule has 1 N–H and O–H groups in total. The molecule has 1 unspecified atom stereocenters. The number of nitrogens with one attached hydrogen (secondary N) is 1. The summed E-state index contributed by atoms with van der Waals surface area (Å²) in [4.78, 5) is 27.4. The Morgan fingerprint density at radius 1 is 1.03 bits per heavy atom. The van der Waals surface area contributed by atoms with E-state index in [9.17, 15) is 9.59 Å². The number of ether oxygens (including phenoxy) is 1. The summed E-state index contributed by atoms with van der Waals surface area (Å²) in [5.74, 6) is 3.14. The van der Waals surface area contributed by atoms with Crippen LogP contribution in [0.1, 0.15) is 54.2 Å². The minimum atomic E-state index is -0.108. The summed E-state index contributed by atoms with van der Waals surface area (Å²) >= 11 is 3.99. The zero-order chi connectivity index (χ0) is 23.8. The van der Waals surface area contributed by atoms with Gasteiger partial charge in [-0.15, -0.1) is 23.5 Å². The van der Waals surface area contributed by atoms with Gasteiger partial charge in [-0.1, -0.05) is 49.4 Å². The van der Waals surface area contributed by atoms with E-state index in [0.29, 0.717) is 17.7 Å². The van der Waals surface area contributed by atoms with Crippen LogP contribution in [0.15, 0.2) is 54.6 Å². The third-order valence-electron chi connectivity index (χ3n) is 6.43. The summed E-state index contributed by atoms with van der Waals surface area (Å²) in [6, 6.07) is 18.2. The fraction of sp³-hybridized carbons (Fsp3) is 0.481. The molecular formula is C27H34N2O3S2. The smallest absolute Gasteiger partial charge is 0.258 e. The van der Waals surface area contributed by atoms with Gasteiger partial charge >= 0.3 is 0 Å². The van der Waals surface area contributed by atoms with Crippen molar-refractivity contribution in [1.82, 2.24) is 10.2 Å². The Kier molecular flexibility index (Phi) is 9.22. The molecule has 0 saturated carbocycles. The highest BCUT2D eigenvalue weighted by Crippen LogP contribution is 2.43. The van der Waals surface area contributed by atoms with Gasteiger partial charge in [-0.3, -0.25) is 9.59 Å². The first kappa shape index (κ1) is 25.0. The molecule has 4 rings (SSSR count). The molecule has 2 saturated heterocycles. The molecule has 7 heteroatoms. The molecule has 2 aromatic rings. The van der Waals surface area contributed by atoms with Crippen molar-refractivity contribution in [2.24, 2.45) is 0 Å². The average molecular weight is 499 g/mol. The molecule has 2 aliphatic heterocycles. The first-order chi connectivity index (χ1) is 16.6. The number of carbonyl (C=O) groups is 2. The first-order valence-corrected chi connectivity index (χ1v) is 14.3. The molecule has 0 radical (unpaired) electrons. The molecule has 2 aromatic carbocycles. The number of thioether (sulfide) groups is 2. The zero-order valence-corrected chi connectivity index (χ0v) is 21.4. The minimum Gasteiger partial charge on any atom is -0.484 e. The Morgan fingerprint density at radius 2 is 1.71 bits per heavy atom. The van der Waals surface area contributed by atoms with Crippen molar-refractivity contribution in [2.75, 3.05) is 31.2 Å². The molecule has 34 heavy (non-hydrogen) atoms. The number of likely N-dealkylation sites (tertiary alicyclic amines) is 1. The van der Waals surface area contributed by atoms with E-state index in [1.165, 1.54) is 23.5 Å². The van der Waals surface area contributed by atoms with Gasteiger partial charge in [-0.25, -0.2) is 0 Å². The number of hydrogen-bond acceptors (Lipinski definition) is 5. The number of rotatable bonds is 8. The van der Waals surface area contributed by atoms with Crippen molar-refractivity contribution < 1.29 is 14.3 Å². The zero-order valence-electron chi connectivity index (χ0n) is 19.8. The lowest BCUT2D eigenvalue weighted by Gasteiger charge is -2.34. The van der Waals surface area contributed by atoms with Crippen LogP contribution in [-0.4, -0.2) is 54.0 Å². The highest BCUT2D eigenvalue weighted by molar-refractivity contribution is 8.16. The summed E-state index contributed by atoms with van der Waals surface area (Å²) in [6.45, 7) is 3.42. The van der Waals surface area contributed by atoms with Crippen molar-refractivity contribution >= 4 is 35.3 Å². The van der Waals surface area contributed by atoms with E-state index < -0.39 is 0 Å². The van der Waals surface area contributed by atoms with Crippen LogP contribution in [0.25, 0.3) is 0 Å². The topological polar surface area (TPSA) is 58.6 Å². The van der Waals surface area contributed by atoms with Gasteiger partial charge in [0.1, 0.15) is 5.75 Å². The maximum absolute atomic E-state index is 13.1. The molecule has 182 valence electrons. The SMILES string of the molecule is CCC(C(=O)N1CCC(NC(=O)COc2ccc(C3SCCCS3)cc2)CC1)c1ccccc1. The third-order valence-corrected chi connectivity index (χ3v) is 9.44. The van der Waals surface area contributed by atoms with Crippen LogP contribution in [0, 0.1) is 0 Å². The molecule has 0 spiro atoms. The van der Waals surface area contributed by atoms with Gasteiger partial charge in [0, 0.05) is 19.1 Å². The number of carbonyl (C=O) groups excluding carboxylic acids is 2. The number of benzene rings is 2. The Bertz CT molecular complexity index is 925. The highest BCUT2D eigenvalue weighted by atomic mass is 32.2. The molecule has 2 amide bonds. The first-order valence-electron chi connectivity index (χ1n) is 12.2. The summed E-state index contributed by atoms with van der Waals surface area (Å²) in [5, 5.41) is 3.08. The summed E-state index contributed by atoms with van der Waals surface area (Å²) in [5.41, 5.74) is 2.39. The monoisotopic (exact) mass is 498 g/mol. The van der Waals surface area contributed by atoms with Crippen LogP contribution in [0.5, 0.6) is 5.75 Å². The standard InChI is InChI=1S/C27H34N2O3S2/c1-2-24(20-7-4-3-5-8-20)26(31)29-15-13-22(14-16-29)28-25(30)19-32-23-11-9-21(10-12-23)27-33-17-6-18-34-27/h3-5,7-12,22,24,27H,2,6,13-19H2,1H3,(H,28,30). The predicted molar refractivity (Wildman–Crippen MR) is 141 cm³/mol. The Morgan fingerprint density at radius 3 is 2.35 bits per heavy atom. The van der Waals surface area contributed by atoms with Crippen LogP contribution >= 0.6 is 23.5 Å². The molecule has 1 atom stereocenters. The van der Waals surface area contributed by atoms with Gasteiger partial charge in [-0.05, 0) is 60.4 Å². The number of piperidine rings is 1. The number of amides is 2. The Hall–Kier alpha value is -2.12. The highest BCUT2D eigenvalue weighted by Gasteiger charge is 2.28. The van der Waals surface area contributed by atoms with Crippen molar-refractivity contribution in [3.8, 4) is 5.75 Å². The molecule has 5 nitrogen and oxygen atoms in total. The fourth-order valence-electron chi connectivity index (χ4n) is 4.52. The Labute approximate surface area is 211 Å². The van der Waals surface area contributed by atoms with Crippen LogP contribution in [0.2, 0.25) is 0 Å². The lowest BCUT2D eigenvalue weighted by Crippen LogP contribution is -2.48. The minimum absolute atomic E-state index is 0.0112. The summed E-state index contributed by atoms with van der Waals surface area (Å²) < 4.78 is 6.22. The van der Waals surface area contributed by atoms with Crippen LogP contribution in [-0.2, 0) is 9.59 Å². The van der Waals surface area contributed by atoms with E-state index in [0.717, 1.165) is 30.6 Å². The van der Waals surface area contributed by atoms with Gasteiger partial charge < -0.3 is 15.0 Å². The molecule has 2 fully saturated rings. The molecule has 0 bridgehead atoms. The predicted octanol–water partition coefficient (Wildman–Crippen LogP) is 5.24. The number of nitrogens with zero attached hydrogens (tertiary/aromatic N) is 1. The van der Waals surface area contributed by atoms with E-state index in [2.05, 4.69) is 24.4 Å². The van der Waals surface area contributed by atoms with Gasteiger partial charge in [0.05, 0.1) is 10.5 Å². The van der Waals surface area contributed by atoms with Gasteiger partial charge in [-0.2, -0.15) is 0 Å². The van der Waals surface area contributed by atoms with Crippen molar-refractivity contribution in [2.45, 2.75) is 49.1 Å². The van der Waals surface area contributed by atoms with E-state index in [-0.39, 0.29) is 30.4 Å². The quantitative estimate of drug-likeness (QED) is 0.540. The van der Waals surface area contributed by atoms with Gasteiger partial charge in [0.25, 0.3) is 5.91 Å². The van der Waals surface area contributed by atoms with Gasteiger partial charge in [0.15, 0.2) is 6.61 Å². The lowest BCUT2D eigenvalue weighted by atomic mass is 9.93. The second-order valence-corrected chi connectivity index (χ2v) is 11.5. The largest absolute Gasteiger partial charge is 0.484 e. The number of hydrogen-bond donors (Lipinski definition) is 1. The van der Waals surface area contributed by atoms with E-state index >= 15 is 0 Å². The van der Waals surface area contributed by atoms with Crippen LogP contribution in [0.4, 0.5) is 0 Å². The summed E-state index contributed by atoms with van der Waals surface area (Å²) in [7, 11) is 0. The van der Waals surface area contributed by atoms with E-state index in [4.69, 9.17) is 4.74 Å². The van der Waals surface area contributed by atoms with Crippen LogP contribution in [0.3, 0.4) is 0 Å².